The van der Waals surface area contributed by atoms with Gasteiger partial charge in [-0.2, -0.15) is 0 Å². The molecule has 0 aliphatic rings. The molecule has 1 aromatic heterocycles. The zero-order valence-corrected chi connectivity index (χ0v) is 11.8. The lowest BCUT2D eigenvalue weighted by molar-refractivity contribution is 0.304. The predicted molar refractivity (Wildman–Crippen MR) is 73.2 cm³/mol. The Morgan fingerprint density at radius 2 is 2.35 bits per heavy atom. The van der Waals surface area contributed by atoms with Gasteiger partial charge in [0.05, 0.1) is 10.4 Å². The molecule has 0 aliphatic carbocycles. The van der Waals surface area contributed by atoms with Crippen LogP contribution in [0, 0.1) is 0 Å². The molecule has 0 fully saturated rings. The van der Waals surface area contributed by atoms with Crippen molar-refractivity contribution in [1.82, 2.24) is 4.98 Å². The van der Waals surface area contributed by atoms with E-state index in [-0.39, 0.29) is 6.04 Å². The van der Waals surface area contributed by atoms with Crippen LogP contribution in [-0.4, -0.2) is 4.98 Å². The quantitative estimate of drug-likeness (QED) is 0.940. The van der Waals surface area contributed by atoms with Gasteiger partial charge < -0.3 is 10.5 Å². The van der Waals surface area contributed by atoms with E-state index in [1.165, 1.54) is 0 Å². The Kier molecular flexibility index (Phi) is 4.15. The summed E-state index contributed by atoms with van der Waals surface area (Å²) >= 11 is 5.02. The second-order valence-electron chi connectivity index (χ2n) is 3.73. The number of hydrogen-bond donors (Lipinski definition) is 1. The van der Waals surface area contributed by atoms with Crippen molar-refractivity contribution in [3.05, 3.63) is 44.8 Å². The molecule has 5 heteroatoms. The van der Waals surface area contributed by atoms with Crippen LogP contribution < -0.4 is 10.5 Å². The topological polar surface area (TPSA) is 48.1 Å². The van der Waals surface area contributed by atoms with Crippen LogP contribution in [0.25, 0.3) is 0 Å². The second-order valence-corrected chi connectivity index (χ2v) is 5.61. The summed E-state index contributed by atoms with van der Waals surface area (Å²) in [4.78, 5) is 5.11. The zero-order valence-electron chi connectivity index (χ0n) is 9.39. The van der Waals surface area contributed by atoms with Gasteiger partial charge in [-0.25, -0.2) is 0 Å². The predicted octanol–water partition coefficient (Wildman–Crippen LogP) is 3.50. The summed E-state index contributed by atoms with van der Waals surface area (Å²) in [6.07, 6.45) is 1.81. The lowest BCUT2D eigenvalue weighted by Gasteiger charge is -2.13. The van der Waals surface area contributed by atoms with Gasteiger partial charge in [0.15, 0.2) is 0 Å². The minimum atomic E-state index is -0.0519. The summed E-state index contributed by atoms with van der Waals surface area (Å²) in [5.41, 5.74) is 8.72. The van der Waals surface area contributed by atoms with Gasteiger partial charge >= 0.3 is 0 Å². The van der Waals surface area contributed by atoms with Crippen LogP contribution in [0.5, 0.6) is 5.75 Å². The Labute approximate surface area is 113 Å². The lowest BCUT2D eigenvalue weighted by atomic mass is 10.1. The molecule has 0 spiro atoms. The van der Waals surface area contributed by atoms with E-state index >= 15 is 0 Å². The van der Waals surface area contributed by atoms with Crippen molar-refractivity contribution in [3.8, 4) is 5.75 Å². The average Bonchev–Trinajstić information content (AvgIpc) is 2.80. The number of benzene rings is 1. The largest absolute Gasteiger partial charge is 0.488 e. The Morgan fingerprint density at radius 1 is 1.53 bits per heavy atom. The van der Waals surface area contributed by atoms with Crippen molar-refractivity contribution < 1.29 is 4.74 Å². The molecular formula is C12H13BrN2OS. The second kappa shape index (κ2) is 5.62. The van der Waals surface area contributed by atoms with Gasteiger partial charge in [-0.1, -0.05) is 15.9 Å². The van der Waals surface area contributed by atoms with Crippen LogP contribution in [0.4, 0.5) is 0 Å². The molecule has 1 aromatic carbocycles. The fraction of sp³-hybridized carbons (Fsp3) is 0.250. The minimum absolute atomic E-state index is 0.0519. The molecule has 3 nitrogen and oxygen atoms in total. The third-order valence-corrected chi connectivity index (χ3v) is 3.56. The zero-order chi connectivity index (χ0) is 12.3. The van der Waals surface area contributed by atoms with Crippen LogP contribution >= 0.6 is 27.3 Å². The summed E-state index contributed by atoms with van der Waals surface area (Å²) < 4.78 is 6.78. The third kappa shape index (κ3) is 3.28. The van der Waals surface area contributed by atoms with E-state index in [9.17, 15) is 0 Å². The summed E-state index contributed by atoms with van der Waals surface area (Å²) in [6.45, 7) is 2.48. The van der Waals surface area contributed by atoms with Crippen LogP contribution in [0.2, 0.25) is 0 Å². The van der Waals surface area contributed by atoms with E-state index in [2.05, 4.69) is 20.9 Å². The number of hydrogen-bond acceptors (Lipinski definition) is 4. The van der Waals surface area contributed by atoms with Gasteiger partial charge in [0.25, 0.3) is 0 Å². The molecule has 0 amide bonds. The van der Waals surface area contributed by atoms with Crippen molar-refractivity contribution in [1.29, 1.82) is 0 Å². The fourth-order valence-electron chi connectivity index (χ4n) is 1.47. The van der Waals surface area contributed by atoms with Gasteiger partial charge in [-0.05, 0) is 25.1 Å². The minimum Gasteiger partial charge on any atom is -0.488 e. The van der Waals surface area contributed by atoms with Crippen molar-refractivity contribution in [2.45, 2.75) is 19.6 Å². The first-order valence-corrected chi connectivity index (χ1v) is 6.89. The highest BCUT2D eigenvalue weighted by Gasteiger charge is 2.09. The van der Waals surface area contributed by atoms with Crippen LogP contribution in [0.3, 0.4) is 0 Å². The number of nitrogens with two attached hydrogens (primary N) is 1. The van der Waals surface area contributed by atoms with Gasteiger partial charge in [-0.15, -0.1) is 11.3 Å². The van der Waals surface area contributed by atoms with E-state index in [0.717, 1.165) is 20.7 Å². The summed E-state index contributed by atoms with van der Waals surface area (Å²) in [6, 6.07) is 5.83. The van der Waals surface area contributed by atoms with E-state index in [1.807, 2.05) is 31.3 Å². The Morgan fingerprint density at radius 3 is 3.00 bits per heavy atom. The molecule has 17 heavy (non-hydrogen) atoms. The standard InChI is InChI=1S/C12H13BrN2OS/c1-8(14)11-4-9(13)2-3-12(11)16-6-10-5-15-7-17-10/h2-5,7-8H,6,14H2,1H3. The average molecular weight is 313 g/mol. The van der Waals surface area contributed by atoms with Crippen molar-refractivity contribution in [3.63, 3.8) is 0 Å². The fourth-order valence-corrected chi connectivity index (χ4v) is 2.35. The van der Waals surface area contributed by atoms with E-state index in [4.69, 9.17) is 10.5 Å². The molecule has 0 radical (unpaired) electrons. The highest BCUT2D eigenvalue weighted by molar-refractivity contribution is 9.10. The highest BCUT2D eigenvalue weighted by Crippen LogP contribution is 2.28. The van der Waals surface area contributed by atoms with Crippen LogP contribution in [0.15, 0.2) is 34.4 Å². The van der Waals surface area contributed by atoms with Crippen LogP contribution in [-0.2, 0) is 6.61 Å². The number of rotatable bonds is 4. The number of aromatic nitrogens is 1. The molecule has 0 saturated heterocycles. The van der Waals surface area contributed by atoms with Gasteiger partial charge in [0.2, 0.25) is 0 Å². The van der Waals surface area contributed by atoms with Gasteiger partial charge in [0.1, 0.15) is 12.4 Å². The third-order valence-electron chi connectivity index (χ3n) is 2.32. The van der Waals surface area contributed by atoms with Crippen molar-refractivity contribution >= 4 is 27.3 Å². The first kappa shape index (κ1) is 12.5. The van der Waals surface area contributed by atoms with Crippen LogP contribution in [0.1, 0.15) is 23.4 Å². The molecular weight excluding hydrogens is 300 g/mol. The summed E-state index contributed by atoms with van der Waals surface area (Å²) in [5.74, 6) is 0.830. The SMILES string of the molecule is CC(N)c1cc(Br)ccc1OCc1cncs1. The molecule has 90 valence electrons. The highest BCUT2D eigenvalue weighted by atomic mass is 79.9. The summed E-state index contributed by atoms with van der Waals surface area (Å²) in [5, 5.41) is 0. The summed E-state index contributed by atoms with van der Waals surface area (Å²) in [7, 11) is 0. The molecule has 1 atom stereocenters. The molecule has 1 heterocycles. The maximum absolute atomic E-state index is 5.92. The molecule has 2 aromatic rings. The number of halogens is 1. The smallest absolute Gasteiger partial charge is 0.124 e. The molecule has 1 unspecified atom stereocenters. The van der Waals surface area contributed by atoms with E-state index in [1.54, 1.807) is 16.8 Å². The first-order chi connectivity index (χ1) is 8.16. The first-order valence-electron chi connectivity index (χ1n) is 5.22. The van der Waals surface area contributed by atoms with Crippen molar-refractivity contribution in [2.75, 3.05) is 0 Å². The van der Waals surface area contributed by atoms with Gasteiger partial charge in [-0.3, -0.25) is 4.98 Å². The Balaban J connectivity index is 2.14. The molecule has 0 saturated carbocycles. The van der Waals surface area contributed by atoms with Crippen molar-refractivity contribution in [2.24, 2.45) is 5.73 Å². The lowest BCUT2D eigenvalue weighted by Crippen LogP contribution is -2.08. The normalized spacial score (nSPS) is 12.4. The molecule has 2 N–H and O–H groups in total. The Hall–Kier alpha value is -0.910. The number of ether oxygens (including phenoxy) is 1. The molecule has 0 bridgehead atoms. The molecule has 2 rings (SSSR count). The maximum Gasteiger partial charge on any atom is 0.124 e. The monoisotopic (exact) mass is 312 g/mol. The maximum atomic E-state index is 5.92. The Bertz CT molecular complexity index is 485. The van der Waals surface area contributed by atoms with Gasteiger partial charge in [0, 0.05) is 22.3 Å². The van der Waals surface area contributed by atoms with E-state index in [0.29, 0.717) is 6.61 Å². The number of nitrogens with zero attached hydrogens (tertiary/aromatic N) is 1. The molecule has 0 aliphatic heterocycles. The number of thiazole rings is 1. The van der Waals surface area contributed by atoms with E-state index < -0.39 is 0 Å².